The van der Waals surface area contributed by atoms with Gasteiger partial charge < -0.3 is 20.3 Å². The molecule has 116 valence electrons. The van der Waals surface area contributed by atoms with Crippen LogP contribution in [0.2, 0.25) is 0 Å². The van der Waals surface area contributed by atoms with Crippen LogP contribution in [0, 0.1) is 0 Å². The number of nitrogens with one attached hydrogen (secondary N) is 2. The van der Waals surface area contributed by atoms with Crippen LogP contribution in [0.25, 0.3) is 0 Å². The highest BCUT2D eigenvalue weighted by Gasteiger charge is 2.30. The summed E-state index contributed by atoms with van der Waals surface area (Å²) in [7, 11) is 0. The SMILES string of the molecule is CCCNC(=O)C1COCCN1c1cccc(NCC)n1. The minimum atomic E-state index is -0.310. The molecule has 0 spiro atoms. The van der Waals surface area contributed by atoms with Gasteiger partial charge in [-0.1, -0.05) is 13.0 Å². The van der Waals surface area contributed by atoms with Crippen LogP contribution in [0.3, 0.4) is 0 Å². The van der Waals surface area contributed by atoms with E-state index in [2.05, 4.69) is 15.6 Å². The van der Waals surface area contributed by atoms with Crippen molar-refractivity contribution < 1.29 is 9.53 Å². The molecule has 21 heavy (non-hydrogen) atoms. The lowest BCUT2D eigenvalue weighted by Crippen LogP contribution is -2.54. The van der Waals surface area contributed by atoms with Crippen LogP contribution in [0.15, 0.2) is 18.2 Å². The predicted octanol–water partition coefficient (Wildman–Crippen LogP) is 1.24. The first-order chi connectivity index (χ1) is 10.3. The second-order valence-electron chi connectivity index (χ2n) is 4.99. The molecule has 0 aromatic carbocycles. The molecule has 1 fully saturated rings. The van der Waals surface area contributed by atoms with Gasteiger partial charge in [-0.05, 0) is 25.5 Å². The van der Waals surface area contributed by atoms with E-state index >= 15 is 0 Å². The highest BCUT2D eigenvalue weighted by Crippen LogP contribution is 2.19. The molecule has 0 saturated carbocycles. The number of aromatic nitrogens is 1. The fourth-order valence-electron chi connectivity index (χ4n) is 2.32. The molecule has 1 atom stereocenters. The molecule has 2 heterocycles. The molecule has 0 aliphatic carbocycles. The zero-order valence-corrected chi connectivity index (χ0v) is 12.8. The van der Waals surface area contributed by atoms with E-state index in [1.165, 1.54) is 0 Å². The zero-order chi connectivity index (χ0) is 15.1. The molecule has 1 saturated heterocycles. The van der Waals surface area contributed by atoms with Crippen molar-refractivity contribution in [2.45, 2.75) is 26.3 Å². The summed E-state index contributed by atoms with van der Waals surface area (Å²) in [4.78, 5) is 18.9. The van der Waals surface area contributed by atoms with E-state index in [0.717, 1.165) is 24.6 Å². The second-order valence-corrected chi connectivity index (χ2v) is 4.99. The molecule has 1 aliphatic heterocycles. The maximum Gasteiger partial charge on any atom is 0.245 e. The number of pyridine rings is 1. The van der Waals surface area contributed by atoms with Crippen molar-refractivity contribution in [3.63, 3.8) is 0 Å². The van der Waals surface area contributed by atoms with Gasteiger partial charge in [-0.3, -0.25) is 4.79 Å². The second kappa shape index (κ2) is 7.83. The third kappa shape index (κ3) is 4.07. The molecule has 0 radical (unpaired) electrons. The normalized spacial score (nSPS) is 18.4. The summed E-state index contributed by atoms with van der Waals surface area (Å²) in [6, 6.07) is 5.51. The van der Waals surface area contributed by atoms with Crippen LogP contribution in [0.4, 0.5) is 11.6 Å². The van der Waals surface area contributed by atoms with Crippen molar-refractivity contribution in [1.29, 1.82) is 0 Å². The van der Waals surface area contributed by atoms with Crippen LogP contribution in [0.5, 0.6) is 0 Å². The lowest BCUT2D eigenvalue weighted by molar-refractivity contribution is -0.124. The minimum absolute atomic E-state index is 0.00667. The number of carbonyl (C=O) groups excluding carboxylic acids is 1. The number of ether oxygens (including phenoxy) is 1. The van der Waals surface area contributed by atoms with E-state index in [4.69, 9.17) is 4.74 Å². The van der Waals surface area contributed by atoms with Gasteiger partial charge in [0.25, 0.3) is 0 Å². The highest BCUT2D eigenvalue weighted by atomic mass is 16.5. The van der Waals surface area contributed by atoms with Gasteiger partial charge in [-0.2, -0.15) is 0 Å². The molecule has 2 rings (SSSR count). The maximum absolute atomic E-state index is 12.3. The summed E-state index contributed by atoms with van der Waals surface area (Å²) in [5.74, 6) is 1.65. The van der Waals surface area contributed by atoms with Crippen molar-refractivity contribution in [2.75, 3.05) is 43.1 Å². The van der Waals surface area contributed by atoms with Crippen molar-refractivity contribution in [1.82, 2.24) is 10.3 Å². The summed E-state index contributed by atoms with van der Waals surface area (Å²) < 4.78 is 5.47. The number of rotatable bonds is 6. The lowest BCUT2D eigenvalue weighted by atomic mass is 10.2. The van der Waals surface area contributed by atoms with Crippen LogP contribution < -0.4 is 15.5 Å². The first-order valence-corrected chi connectivity index (χ1v) is 7.59. The summed E-state index contributed by atoms with van der Waals surface area (Å²) in [6.07, 6.45) is 0.924. The Kier molecular flexibility index (Phi) is 5.80. The van der Waals surface area contributed by atoms with Gasteiger partial charge in [0.2, 0.25) is 5.91 Å². The monoisotopic (exact) mass is 292 g/mol. The van der Waals surface area contributed by atoms with E-state index in [9.17, 15) is 4.79 Å². The molecule has 1 aliphatic rings. The summed E-state index contributed by atoms with van der Waals surface area (Å²) in [5.41, 5.74) is 0. The largest absolute Gasteiger partial charge is 0.377 e. The standard InChI is InChI=1S/C15H24N4O2/c1-3-8-17-15(20)12-11-21-10-9-19(12)14-7-5-6-13(18-14)16-4-2/h5-7,12H,3-4,8-11H2,1-2H3,(H,16,18)(H,17,20). The van der Waals surface area contributed by atoms with Crippen molar-refractivity contribution in [3.05, 3.63) is 18.2 Å². The van der Waals surface area contributed by atoms with Crippen LogP contribution in [-0.4, -0.2) is 49.8 Å². The maximum atomic E-state index is 12.3. The third-order valence-electron chi connectivity index (χ3n) is 3.37. The summed E-state index contributed by atoms with van der Waals surface area (Å²) in [6.45, 7) is 7.27. The quantitative estimate of drug-likeness (QED) is 0.826. The lowest BCUT2D eigenvalue weighted by Gasteiger charge is -2.35. The van der Waals surface area contributed by atoms with Crippen LogP contribution in [0.1, 0.15) is 20.3 Å². The minimum Gasteiger partial charge on any atom is -0.377 e. The van der Waals surface area contributed by atoms with Gasteiger partial charge in [0.15, 0.2) is 0 Å². The van der Waals surface area contributed by atoms with Crippen molar-refractivity contribution in [2.24, 2.45) is 0 Å². The number of amides is 1. The number of anilines is 2. The molecular weight excluding hydrogens is 268 g/mol. The Labute approximate surface area is 125 Å². The van der Waals surface area contributed by atoms with Gasteiger partial charge in [0, 0.05) is 19.6 Å². The molecule has 1 unspecified atom stereocenters. The first kappa shape index (κ1) is 15.6. The number of hydrogen-bond donors (Lipinski definition) is 2. The van der Waals surface area contributed by atoms with E-state index in [0.29, 0.717) is 26.3 Å². The summed E-state index contributed by atoms with van der Waals surface area (Å²) in [5, 5.41) is 6.13. The molecule has 1 amide bonds. The van der Waals surface area contributed by atoms with Crippen molar-refractivity contribution in [3.8, 4) is 0 Å². The average Bonchev–Trinajstić information content (AvgIpc) is 2.53. The molecule has 6 heteroatoms. The molecule has 0 bridgehead atoms. The van der Waals surface area contributed by atoms with Crippen molar-refractivity contribution >= 4 is 17.5 Å². The van der Waals surface area contributed by atoms with E-state index in [1.807, 2.05) is 36.9 Å². The average molecular weight is 292 g/mol. The van der Waals surface area contributed by atoms with Gasteiger partial charge in [-0.25, -0.2) is 4.98 Å². The van der Waals surface area contributed by atoms with E-state index < -0.39 is 0 Å². The number of hydrogen-bond acceptors (Lipinski definition) is 5. The number of nitrogens with zero attached hydrogens (tertiary/aromatic N) is 2. The Hall–Kier alpha value is -1.82. The molecule has 6 nitrogen and oxygen atoms in total. The fraction of sp³-hybridized carbons (Fsp3) is 0.600. The first-order valence-electron chi connectivity index (χ1n) is 7.59. The Bertz CT molecular complexity index is 467. The zero-order valence-electron chi connectivity index (χ0n) is 12.8. The smallest absolute Gasteiger partial charge is 0.245 e. The highest BCUT2D eigenvalue weighted by molar-refractivity contribution is 5.85. The summed E-state index contributed by atoms with van der Waals surface area (Å²) >= 11 is 0. The Morgan fingerprint density at radius 1 is 1.48 bits per heavy atom. The Morgan fingerprint density at radius 2 is 2.33 bits per heavy atom. The molecule has 1 aromatic heterocycles. The third-order valence-corrected chi connectivity index (χ3v) is 3.37. The fourth-order valence-corrected chi connectivity index (χ4v) is 2.32. The van der Waals surface area contributed by atoms with Gasteiger partial charge in [-0.15, -0.1) is 0 Å². The number of morpholine rings is 1. The number of carbonyl (C=O) groups is 1. The van der Waals surface area contributed by atoms with Gasteiger partial charge in [0.1, 0.15) is 17.7 Å². The van der Waals surface area contributed by atoms with E-state index in [1.54, 1.807) is 0 Å². The predicted molar refractivity (Wildman–Crippen MR) is 83.7 cm³/mol. The topological polar surface area (TPSA) is 66.5 Å². The Morgan fingerprint density at radius 3 is 3.10 bits per heavy atom. The van der Waals surface area contributed by atoms with E-state index in [-0.39, 0.29) is 11.9 Å². The van der Waals surface area contributed by atoms with Crippen LogP contribution in [-0.2, 0) is 9.53 Å². The van der Waals surface area contributed by atoms with Crippen LogP contribution >= 0.6 is 0 Å². The molecule has 1 aromatic rings. The van der Waals surface area contributed by atoms with Gasteiger partial charge >= 0.3 is 0 Å². The molecular formula is C15H24N4O2. The Balaban J connectivity index is 2.14. The molecule has 2 N–H and O–H groups in total. The van der Waals surface area contributed by atoms with Gasteiger partial charge in [0.05, 0.1) is 13.2 Å².